The summed E-state index contributed by atoms with van der Waals surface area (Å²) < 4.78 is 0. The minimum atomic E-state index is 0.127. The second-order valence-electron chi connectivity index (χ2n) is 5.00. The van der Waals surface area contributed by atoms with Crippen LogP contribution >= 0.6 is 0 Å². The summed E-state index contributed by atoms with van der Waals surface area (Å²) in [7, 11) is 2.10. The fraction of sp³-hybridized carbons (Fsp3) is 0.500. The van der Waals surface area contributed by atoms with Crippen molar-refractivity contribution in [2.24, 2.45) is 0 Å². The lowest BCUT2D eigenvalue weighted by Gasteiger charge is -2.31. The van der Waals surface area contributed by atoms with Crippen LogP contribution in [0.4, 0.5) is 0 Å². The fourth-order valence-corrected chi connectivity index (χ4v) is 2.13. The Morgan fingerprint density at radius 1 is 1.28 bits per heavy atom. The highest BCUT2D eigenvalue weighted by atomic mass is 16.3. The van der Waals surface area contributed by atoms with Crippen molar-refractivity contribution in [2.45, 2.75) is 6.92 Å². The average Bonchev–Trinajstić information content (AvgIpc) is 2.35. The molecular formula is C14H20N2O2. The molecule has 1 aliphatic rings. The molecule has 1 aromatic rings. The number of nitrogens with zero attached hydrogens (tertiary/aromatic N) is 2. The number of carbonyl (C=O) groups excluding carboxylic acids is 1. The molecule has 0 aliphatic carbocycles. The van der Waals surface area contributed by atoms with Gasteiger partial charge in [0.25, 0.3) is 0 Å². The lowest BCUT2D eigenvalue weighted by atomic mass is 10.1. The molecule has 0 radical (unpaired) electrons. The molecule has 1 fully saturated rings. The van der Waals surface area contributed by atoms with Gasteiger partial charge in [-0.3, -0.25) is 9.69 Å². The van der Waals surface area contributed by atoms with Crippen molar-refractivity contribution < 1.29 is 9.90 Å². The normalized spacial score (nSPS) is 17.9. The number of piperazine rings is 1. The van der Waals surface area contributed by atoms with Gasteiger partial charge in [-0.15, -0.1) is 0 Å². The number of phenolic OH excluding ortho intramolecular Hbond substituents is 1. The van der Waals surface area contributed by atoms with Gasteiger partial charge in [0.1, 0.15) is 5.75 Å². The zero-order chi connectivity index (χ0) is 13.1. The largest absolute Gasteiger partial charge is 0.508 e. The Bertz CT molecular complexity index is 437. The van der Waals surface area contributed by atoms with E-state index in [-0.39, 0.29) is 11.5 Å². The van der Waals surface area contributed by atoms with Crippen LogP contribution in [0.3, 0.4) is 0 Å². The van der Waals surface area contributed by atoms with Crippen LogP contribution in [0.5, 0.6) is 5.75 Å². The lowest BCUT2D eigenvalue weighted by Crippen LogP contribution is -2.46. The summed E-state index contributed by atoms with van der Waals surface area (Å²) in [5, 5.41) is 9.45. The maximum atomic E-state index is 12.1. The number of hydrogen-bond acceptors (Lipinski definition) is 4. The van der Waals surface area contributed by atoms with Gasteiger partial charge in [-0.05, 0) is 37.7 Å². The van der Waals surface area contributed by atoms with Gasteiger partial charge in [0, 0.05) is 31.7 Å². The highest BCUT2D eigenvalue weighted by Gasteiger charge is 2.17. The summed E-state index contributed by atoms with van der Waals surface area (Å²) in [6.45, 7) is 6.20. The maximum absolute atomic E-state index is 12.1. The molecule has 2 rings (SSSR count). The lowest BCUT2D eigenvalue weighted by molar-refractivity contribution is 0.0876. The summed E-state index contributed by atoms with van der Waals surface area (Å²) in [5.41, 5.74) is 1.43. The van der Waals surface area contributed by atoms with Crippen molar-refractivity contribution in [3.63, 3.8) is 0 Å². The summed E-state index contributed by atoms with van der Waals surface area (Å²) in [4.78, 5) is 16.6. The maximum Gasteiger partial charge on any atom is 0.176 e. The Hall–Kier alpha value is -1.39. The first-order valence-electron chi connectivity index (χ1n) is 6.30. The fourth-order valence-electron chi connectivity index (χ4n) is 2.13. The van der Waals surface area contributed by atoms with E-state index in [4.69, 9.17) is 0 Å². The summed E-state index contributed by atoms with van der Waals surface area (Å²) >= 11 is 0. The van der Waals surface area contributed by atoms with Crippen molar-refractivity contribution >= 4 is 5.78 Å². The van der Waals surface area contributed by atoms with Crippen molar-refractivity contribution in [2.75, 3.05) is 39.8 Å². The smallest absolute Gasteiger partial charge is 0.176 e. The third-order valence-corrected chi connectivity index (χ3v) is 3.48. The molecule has 4 nitrogen and oxygen atoms in total. The third kappa shape index (κ3) is 3.09. The molecule has 0 amide bonds. The number of hydrogen-bond donors (Lipinski definition) is 1. The van der Waals surface area contributed by atoms with Gasteiger partial charge in [-0.25, -0.2) is 0 Å². The molecule has 0 bridgehead atoms. The first-order chi connectivity index (χ1) is 8.56. The molecule has 18 heavy (non-hydrogen) atoms. The van der Waals surface area contributed by atoms with E-state index in [0.717, 1.165) is 31.7 Å². The van der Waals surface area contributed by atoms with Crippen LogP contribution in [0.1, 0.15) is 15.9 Å². The Balaban J connectivity index is 1.97. The number of aryl methyl sites for hydroxylation is 1. The molecule has 98 valence electrons. The van der Waals surface area contributed by atoms with E-state index in [1.165, 1.54) is 0 Å². The number of phenols is 1. The number of Topliss-reactive ketones (excluding diaryl/α,β-unsaturated/α-hetero) is 1. The molecule has 1 heterocycles. The van der Waals surface area contributed by atoms with Crippen LogP contribution in [-0.2, 0) is 0 Å². The molecule has 1 saturated heterocycles. The first-order valence-corrected chi connectivity index (χ1v) is 6.30. The molecule has 1 N–H and O–H groups in total. The topological polar surface area (TPSA) is 43.8 Å². The highest BCUT2D eigenvalue weighted by Crippen LogP contribution is 2.17. The summed E-state index contributed by atoms with van der Waals surface area (Å²) in [5.74, 6) is 0.369. The number of carbonyl (C=O) groups is 1. The minimum Gasteiger partial charge on any atom is -0.508 e. The predicted molar refractivity (Wildman–Crippen MR) is 71.1 cm³/mol. The molecule has 0 aromatic heterocycles. The minimum absolute atomic E-state index is 0.127. The molecule has 0 saturated carbocycles. The molecule has 1 aromatic carbocycles. The summed E-state index contributed by atoms with van der Waals surface area (Å²) in [6, 6.07) is 5.04. The quantitative estimate of drug-likeness (QED) is 0.814. The van der Waals surface area contributed by atoms with E-state index in [1.54, 1.807) is 18.2 Å². The molecule has 4 heteroatoms. The van der Waals surface area contributed by atoms with E-state index in [2.05, 4.69) is 16.8 Å². The van der Waals surface area contributed by atoms with Crippen LogP contribution in [-0.4, -0.2) is 60.5 Å². The summed E-state index contributed by atoms with van der Waals surface area (Å²) in [6.07, 6.45) is 0. The van der Waals surface area contributed by atoms with Gasteiger partial charge in [0.05, 0.1) is 6.54 Å². The zero-order valence-electron chi connectivity index (χ0n) is 11.0. The predicted octanol–water partition coefficient (Wildman–Crippen LogP) is 1.13. The number of likely N-dealkylation sites (N-methyl/N-ethyl adjacent to an activating group) is 1. The molecule has 0 spiro atoms. The van der Waals surface area contributed by atoms with Crippen LogP contribution in [0.2, 0.25) is 0 Å². The third-order valence-electron chi connectivity index (χ3n) is 3.48. The Morgan fingerprint density at radius 2 is 1.94 bits per heavy atom. The number of aromatic hydroxyl groups is 1. The highest BCUT2D eigenvalue weighted by molar-refractivity contribution is 5.97. The second kappa shape index (κ2) is 5.50. The second-order valence-corrected chi connectivity index (χ2v) is 5.00. The van der Waals surface area contributed by atoms with E-state index in [9.17, 15) is 9.90 Å². The van der Waals surface area contributed by atoms with E-state index in [1.807, 2.05) is 6.92 Å². The molecular weight excluding hydrogens is 228 g/mol. The molecule has 1 aliphatic heterocycles. The van der Waals surface area contributed by atoms with Crippen molar-refractivity contribution in [3.8, 4) is 5.75 Å². The first kappa shape index (κ1) is 13.1. The van der Waals surface area contributed by atoms with Gasteiger partial charge >= 0.3 is 0 Å². The van der Waals surface area contributed by atoms with Crippen LogP contribution < -0.4 is 0 Å². The van der Waals surface area contributed by atoms with Gasteiger partial charge in [0.2, 0.25) is 0 Å². The monoisotopic (exact) mass is 248 g/mol. The number of rotatable bonds is 3. The molecule has 0 unspecified atom stereocenters. The Kier molecular flexibility index (Phi) is 3.99. The van der Waals surface area contributed by atoms with E-state index >= 15 is 0 Å². The Labute approximate surface area is 108 Å². The number of ketones is 1. The molecule has 0 atom stereocenters. The van der Waals surface area contributed by atoms with Crippen molar-refractivity contribution in [3.05, 3.63) is 29.3 Å². The van der Waals surface area contributed by atoms with Crippen LogP contribution in [0.15, 0.2) is 18.2 Å². The van der Waals surface area contributed by atoms with E-state index < -0.39 is 0 Å². The van der Waals surface area contributed by atoms with Crippen LogP contribution in [0, 0.1) is 6.92 Å². The zero-order valence-corrected chi connectivity index (χ0v) is 11.0. The van der Waals surface area contributed by atoms with Gasteiger partial charge in [-0.1, -0.05) is 0 Å². The van der Waals surface area contributed by atoms with Crippen molar-refractivity contribution in [1.82, 2.24) is 9.80 Å². The van der Waals surface area contributed by atoms with Gasteiger partial charge < -0.3 is 10.0 Å². The standard InChI is InChI=1S/C14H20N2O2/c1-11-9-12(3-4-13(11)17)14(18)10-16-7-5-15(2)6-8-16/h3-4,9,17H,5-8,10H2,1-2H3. The van der Waals surface area contributed by atoms with Gasteiger partial charge in [-0.2, -0.15) is 0 Å². The van der Waals surface area contributed by atoms with E-state index in [0.29, 0.717) is 12.1 Å². The van der Waals surface area contributed by atoms with Gasteiger partial charge in [0.15, 0.2) is 5.78 Å². The SMILES string of the molecule is Cc1cc(C(=O)CN2CCN(C)CC2)ccc1O. The average molecular weight is 248 g/mol. The Morgan fingerprint density at radius 3 is 2.56 bits per heavy atom. The van der Waals surface area contributed by atoms with Crippen LogP contribution in [0.25, 0.3) is 0 Å². The van der Waals surface area contributed by atoms with Crippen molar-refractivity contribution in [1.29, 1.82) is 0 Å². The number of benzene rings is 1.